The fourth-order valence-electron chi connectivity index (χ4n) is 1.86. The second kappa shape index (κ2) is 7.78. The first-order chi connectivity index (χ1) is 10.2. The van der Waals surface area contributed by atoms with Crippen LogP contribution >= 0.6 is 11.3 Å². The van der Waals surface area contributed by atoms with Crippen LogP contribution in [0.25, 0.3) is 0 Å². The summed E-state index contributed by atoms with van der Waals surface area (Å²) in [7, 11) is 1.93. The van der Waals surface area contributed by atoms with Crippen molar-refractivity contribution >= 4 is 17.3 Å². The summed E-state index contributed by atoms with van der Waals surface area (Å²) in [5.74, 6) is 0.826. The number of thiazole rings is 1. The van der Waals surface area contributed by atoms with Crippen LogP contribution in [0.3, 0.4) is 0 Å². The summed E-state index contributed by atoms with van der Waals surface area (Å²) in [6.07, 6.45) is 4.62. The number of hydrogen-bond acceptors (Lipinski definition) is 4. The van der Waals surface area contributed by atoms with Crippen molar-refractivity contribution in [2.75, 3.05) is 13.1 Å². The molecule has 0 aliphatic rings. The van der Waals surface area contributed by atoms with E-state index in [9.17, 15) is 0 Å². The summed E-state index contributed by atoms with van der Waals surface area (Å²) in [4.78, 5) is 10.2. The molecule has 0 saturated heterocycles. The Balaban J connectivity index is 1.85. The van der Waals surface area contributed by atoms with Gasteiger partial charge in [-0.2, -0.15) is 5.10 Å². The summed E-state index contributed by atoms with van der Waals surface area (Å²) < 4.78 is 1.84. The van der Waals surface area contributed by atoms with E-state index >= 15 is 0 Å². The second-order valence-corrected chi connectivity index (χ2v) is 6.00. The Morgan fingerprint density at radius 3 is 2.90 bits per heavy atom. The van der Waals surface area contributed by atoms with Gasteiger partial charge in [0.1, 0.15) is 0 Å². The van der Waals surface area contributed by atoms with Crippen molar-refractivity contribution in [3.63, 3.8) is 0 Å². The molecule has 114 valence electrons. The van der Waals surface area contributed by atoms with Crippen molar-refractivity contribution in [3.05, 3.63) is 34.0 Å². The molecule has 0 radical (unpaired) electrons. The zero-order chi connectivity index (χ0) is 15.1. The molecule has 2 heterocycles. The molecule has 0 spiro atoms. The molecule has 2 rings (SSSR count). The summed E-state index contributed by atoms with van der Waals surface area (Å²) in [5, 5.41) is 11.9. The lowest BCUT2D eigenvalue weighted by atomic mass is 10.4. The highest BCUT2D eigenvalue weighted by atomic mass is 32.1. The van der Waals surface area contributed by atoms with E-state index in [1.165, 1.54) is 4.88 Å². The topological polar surface area (TPSA) is 67.1 Å². The van der Waals surface area contributed by atoms with Crippen LogP contribution < -0.4 is 10.6 Å². The van der Waals surface area contributed by atoms with Crippen LogP contribution in [0, 0.1) is 6.92 Å². The third kappa shape index (κ3) is 4.86. The van der Waals surface area contributed by atoms with Gasteiger partial charge in [-0.25, -0.2) is 9.98 Å². The number of nitrogens with zero attached hydrogens (tertiary/aromatic N) is 4. The normalized spacial score (nSPS) is 11.7. The summed E-state index contributed by atoms with van der Waals surface area (Å²) in [6.45, 7) is 6.42. The van der Waals surface area contributed by atoms with Gasteiger partial charge in [-0.05, 0) is 19.9 Å². The molecule has 0 fully saturated rings. The molecule has 7 heteroatoms. The van der Waals surface area contributed by atoms with E-state index in [1.807, 2.05) is 24.0 Å². The molecule has 0 aliphatic carbocycles. The fourth-order valence-corrected chi connectivity index (χ4v) is 2.65. The van der Waals surface area contributed by atoms with Gasteiger partial charge in [-0.3, -0.25) is 4.68 Å². The van der Waals surface area contributed by atoms with Crippen molar-refractivity contribution in [1.29, 1.82) is 0 Å². The largest absolute Gasteiger partial charge is 0.357 e. The molecule has 2 aromatic heterocycles. The van der Waals surface area contributed by atoms with Crippen molar-refractivity contribution in [2.45, 2.75) is 26.8 Å². The molecule has 0 aromatic carbocycles. The smallest absolute Gasteiger partial charge is 0.191 e. The number of guanidine groups is 1. The maximum absolute atomic E-state index is 4.57. The zero-order valence-corrected chi connectivity index (χ0v) is 13.6. The van der Waals surface area contributed by atoms with Crippen molar-refractivity contribution in [1.82, 2.24) is 25.4 Å². The molecule has 0 unspecified atom stereocenters. The van der Waals surface area contributed by atoms with Gasteiger partial charge in [-0.15, -0.1) is 11.3 Å². The lowest BCUT2D eigenvalue weighted by Crippen LogP contribution is -2.38. The average Bonchev–Trinajstić information content (AvgIpc) is 3.05. The molecule has 0 aliphatic heterocycles. The molecule has 0 atom stereocenters. The molecule has 0 bridgehead atoms. The molecule has 6 nitrogen and oxygen atoms in total. The first kappa shape index (κ1) is 15.5. The predicted octanol–water partition coefficient (Wildman–Crippen LogP) is 1.48. The van der Waals surface area contributed by atoms with Crippen LogP contribution in [0.15, 0.2) is 23.5 Å². The molecular formula is C14H22N6S. The predicted molar refractivity (Wildman–Crippen MR) is 86.6 cm³/mol. The minimum absolute atomic E-state index is 0.613. The Morgan fingerprint density at radius 2 is 2.29 bits per heavy atom. The van der Waals surface area contributed by atoms with E-state index in [-0.39, 0.29) is 0 Å². The van der Waals surface area contributed by atoms with Crippen LogP contribution in [-0.2, 0) is 20.0 Å². The maximum atomic E-state index is 4.57. The Morgan fingerprint density at radius 1 is 1.43 bits per heavy atom. The number of aryl methyl sites for hydroxylation is 2. The third-order valence-corrected chi connectivity index (χ3v) is 3.94. The number of rotatable bonds is 6. The van der Waals surface area contributed by atoms with Gasteiger partial charge in [0.05, 0.1) is 17.2 Å². The minimum atomic E-state index is 0.613. The van der Waals surface area contributed by atoms with Crippen molar-refractivity contribution in [3.8, 4) is 0 Å². The highest BCUT2D eigenvalue weighted by Crippen LogP contribution is 2.10. The number of aromatic nitrogens is 3. The van der Waals surface area contributed by atoms with Gasteiger partial charge in [-0.1, -0.05) is 0 Å². The monoisotopic (exact) mass is 306 g/mol. The highest BCUT2D eigenvalue weighted by Gasteiger charge is 2.02. The van der Waals surface area contributed by atoms with Crippen LogP contribution in [-0.4, -0.2) is 33.8 Å². The summed E-state index contributed by atoms with van der Waals surface area (Å²) >= 11 is 1.74. The van der Waals surface area contributed by atoms with Gasteiger partial charge in [0.25, 0.3) is 0 Å². The fraction of sp³-hybridized carbons (Fsp3) is 0.500. The van der Waals surface area contributed by atoms with Crippen molar-refractivity contribution < 1.29 is 0 Å². The number of aliphatic imine (C=N–C) groups is 1. The second-order valence-electron chi connectivity index (χ2n) is 4.68. The Labute approximate surface area is 129 Å². The van der Waals surface area contributed by atoms with Crippen LogP contribution in [0.5, 0.6) is 0 Å². The molecular weight excluding hydrogens is 284 g/mol. The Hall–Kier alpha value is -1.89. The highest BCUT2D eigenvalue weighted by molar-refractivity contribution is 7.11. The zero-order valence-electron chi connectivity index (χ0n) is 12.8. The molecule has 2 N–H and O–H groups in total. The minimum Gasteiger partial charge on any atom is -0.357 e. The van der Waals surface area contributed by atoms with Crippen LogP contribution in [0.2, 0.25) is 0 Å². The Kier molecular flexibility index (Phi) is 5.74. The lowest BCUT2D eigenvalue weighted by Gasteiger charge is -2.10. The van der Waals surface area contributed by atoms with Gasteiger partial charge < -0.3 is 10.6 Å². The quantitative estimate of drug-likeness (QED) is 0.627. The van der Waals surface area contributed by atoms with Gasteiger partial charge in [0.2, 0.25) is 0 Å². The average molecular weight is 306 g/mol. The summed E-state index contributed by atoms with van der Waals surface area (Å²) in [5.41, 5.74) is 1.09. The van der Waals surface area contributed by atoms with E-state index in [0.717, 1.165) is 36.2 Å². The van der Waals surface area contributed by atoms with Gasteiger partial charge in [0.15, 0.2) is 5.96 Å². The SMILES string of the molecule is CCNC(=NCc1ccnn1C)NCCc1ncc(C)s1. The molecule has 0 amide bonds. The first-order valence-corrected chi connectivity index (χ1v) is 7.91. The van der Waals surface area contributed by atoms with Gasteiger partial charge in [0, 0.05) is 43.8 Å². The van der Waals surface area contributed by atoms with E-state index < -0.39 is 0 Å². The molecule has 0 saturated carbocycles. The third-order valence-electron chi connectivity index (χ3n) is 2.97. The van der Waals surface area contributed by atoms with Crippen LogP contribution in [0.1, 0.15) is 22.5 Å². The van der Waals surface area contributed by atoms with Gasteiger partial charge >= 0.3 is 0 Å². The Bertz CT molecular complexity index is 586. The number of hydrogen-bond donors (Lipinski definition) is 2. The first-order valence-electron chi connectivity index (χ1n) is 7.09. The molecule has 2 aromatic rings. The van der Waals surface area contributed by atoms with E-state index in [4.69, 9.17) is 0 Å². The maximum Gasteiger partial charge on any atom is 0.191 e. The van der Waals surface area contributed by atoms with Crippen molar-refractivity contribution in [2.24, 2.45) is 12.0 Å². The standard InChI is InChI=1S/C14H22N6S/c1-4-15-14(18-10-12-5-8-19-20(12)3)16-7-6-13-17-9-11(2)21-13/h5,8-9H,4,6-7,10H2,1-3H3,(H2,15,16,18). The lowest BCUT2D eigenvalue weighted by molar-refractivity contribution is 0.707. The van der Waals surface area contributed by atoms with Crippen LogP contribution in [0.4, 0.5) is 0 Å². The number of nitrogens with one attached hydrogen (secondary N) is 2. The van der Waals surface area contributed by atoms with E-state index in [0.29, 0.717) is 6.54 Å². The van der Waals surface area contributed by atoms with E-state index in [2.05, 4.69) is 39.6 Å². The molecule has 21 heavy (non-hydrogen) atoms. The summed E-state index contributed by atoms with van der Waals surface area (Å²) in [6, 6.07) is 1.98. The van der Waals surface area contributed by atoms with E-state index in [1.54, 1.807) is 17.5 Å².